The molecule has 2 aliphatic rings. The molecule has 0 aliphatic carbocycles. The van der Waals surface area contributed by atoms with E-state index in [4.69, 9.17) is 21.4 Å². The molecule has 264 valence electrons. The minimum atomic E-state index is -3.48. The molecule has 2 radical (unpaired) electrons. The first-order chi connectivity index (χ1) is 22.1. The van der Waals surface area contributed by atoms with Crippen LogP contribution in [-0.2, 0) is 13.8 Å². The number of aliphatic hydroxyl groups is 1. The van der Waals surface area contributed by atoms with Crippen molar-refractivity contribution in [3.05, 3.63) is 12.7 Å². The lowest BCUT2D eigenvalue weighted by atomic mass is 9.61. The maximum atomic E-state index is 11.0. The first kappa shape index (κ1) is 38.4. The van der Waals surface area contributed by atoms with Gasteiger partial charge < -0.3 is 20.5 Å². The summed E-state index contributed by atoms with van der Waals surface area (Å²) in [5.41, 5.74) is 1.02. The maximum absolute atomic E-state index is 11.0. The van der Waals surface area contributed by atoms with Crippen molar-refractivity contribution >= 4 is 32.4 Å². The average Bonchev–Trinajstić information content (AvgIpc) is 3.63. The monoisotopic (exact) mass is 675 g/mol. The van der Waals surface area contributed by atoms with Gasteiger partial charge in [0, 0.05) is 18.6 Å². The molecule has 4 N–H and O–H groups in total. The zero-order chi connectivity index (χ0) is 34.8. The third kappa shape index (κ3) is 8.00. The van der Waals surface area contributed by atoms with Crippen molar-refractivity contribution in [2.75, 3.05) is 25.0 Å². The van der Waals surface area contributed by atoms with Crippen LogP contribution in [0.15, 0.2) is 12.7 Å². The fourth-order valence-corrected chi connectivity index (χ4v) is 8.83. The highest BCUT2D eigenvalue weighted by atomic mass is 31.2. The molecule has 0 spiro atoms. The predicted octanol–water partition coefficient (Wildman–Crippen LogP) is 6.01. The van der Waals surface area contributed by atoms with E-state index in [1.807, 2.05) is 0 Å². The van der Waals surface area contributed by atoms with Gasteiger partial charge in [-0.15, -0.1) is 0 Å². The van der Waals surface area contributed by atoms with Gasteiger partial charge in [0.25, 0.3) is 0 Å². The summed E-state index contributed by atoms with van der Waals surface area (Å²) in [5.74, 6) is 5.26. The van der Waals surface area contributed by atoms with Crippen LogP contribution >= 0.6 is 7.82 Å². The molecule has 0 aromatic carbocycles. The topological polar surface area (TPSA) is 136 Å². The normalized spacial score (nSPS) is 31.3. The molecule has 4 rings (SSSR count). The molecule has 2 aromatic heterocycles. The van der Waals surface area contributed by atoms with Crippen molar-refractivity contribution in [2.24, 2.45) is 47.3 Å². The van der Waals surface area contributed by atoms with Gasteiger partial charge in [0.1, 0.15) is 25.1 Å². The van der Waals surface area contributed by atoms with Gasteiger partial charge in [-0.3, -0.25) is 4.57 Å². The van der Waals surface area contributed by atoms with Crippen molar-refractivity contribution < 1.29 is 23.8 Å². The summed E-state index contributed by atoms with van der Waals surface area (Å²) in [5, 5.41) is 18.6. The first-order valence-corrected chi connectivity index (χ1v) is 19.5. The Labute approximate surface area is 284 Å². The van der Waals surface area contributed by atoms with Crippen LogP contribution < -0.4 is 10.6 Å². The van der Waals surface area contributed by atoms with E-state index < -0.39 is 32.4 Å². The fraction of sp³-hybridized carbons (Fsp3) is 0.853. The number of aliphatic hydroxyl groups excluding tert-OH is 1. The van der Waals surface area contributed by atoms with E-state index in [1.54, 1.807) is 10.9 Å². The molecule has 2 aromatic rings. The standard InChI is InChI=1S/C34H61BN6O5P/c1-12-19(3)21(5)23(7)25(9)34(11,26(10)24(8)22(6)20(4)13-2)40-15-14-36-31-28-32(38-17-37-31)41(18-39-28)33-29(42)30-27(45-33)16-44-47(35,43)46-30/h17-27,29-30,33,40,42-43H,12-16H2,1-11H3,(H,36,37,38)/q+1/t19?,20?,21?,22?,23?,24?,25?,26?,27-,29+,30+,33-,34?,47?/m1/s1. The summed E-state index contributed by atoms with van der Waals surface area (Å²) in [7, 11) is 2.20. The Kier molecular flexibility index (Phi) is 12.8. The smallest absolute Gasteiger partial charge is 0.385 e. The summed E-state index contributed by atoms with van der Waals surface area (Å²) in [6.45, 7) is 27.9. The van der Waals surface area contributed by atoms with Crippen molar-refractivity contribution in [1.82, 2.24) is 24.8 Å². The average molecular weight is 676 g/mol. The molecule has 13 atom stereocenters. The number of hydrogen-bond donors (Lipinski definition) is 4. The Morgan fingerprint density at radius 3 is 2.13 bits per heavy atom. The molecule has 47 heavy (non-hydrogen) atoms. The Morgan fingerprint density at radius 1 is 0.957 bits per heavy atom. The molecular formula is C34H61BN6O5P+. The van der Waals surface area contributed by atoms with Crippen molar-refractivity contribution in [3.8, 4) is 0 Å². The molecule has 11 nitrogen and oxygen atoms in total. The van der Waals surface area contributed by atoms with Crippen molar-refractivity contribution in [1.29, 1.82) is 0 Å². The van der Waals surface area contributed by atoms with Gasteiger partial charge in [-0.05, 0) is 54.3 Å². The molecule has 4 heterocycles. The van der Waals surface area contributed by atoms with Crippen molar-refractivity contribution in [2.45, 2.75) is 119 Å². The number of ether oxygens (including phenoxy) is 1. The third-order valence-electron chi connectivity index (χ3n) is 12.8. The molecule has 9 unspecified atom stereocenters. The van der Waals surface area contributed by atoms with Gasteiger partial charge in [0.05, 0.1) is 6.33 Å². The molecular weight excluding hydrogens is 614 g/mol. The van der Waals surface area contributed by atoms with Crippen LogP contribution in [0.2, 0.25) is 0 Å². The van der Waals surface area contributed by atoms with E-state index in [1.165, 1.54) is 19.2 Å². The van der Waals surface area contributed by atoms with Crippen LogP contribution in [0.3, 0.4) is 0 Å². The summed E-state index contributed by atoms with van der Waals surface area (Å²) in [6.07, 6.45) is 2.14. The number of nitrogens with zero attached hydrogens (tertiary/aromatic N) is 4. The summed E-state index contributed by atoms with van der Waals surface area (Å²) in [6, 6.07) is 0. The van der Waals surface area contributed by atoms with Gasteiger partial charge in [-0.2, -0.15) is 9.05 Å². The number of anilines is 1. The number of fused-ring (bicyclic) bond motifs is 2. The SMILES string of the molecule is [B][P+]1(O)OC[C@H]2O[C@@H](n3cnc4c(NCCNC(C)(C(C)C(C)C(C)C(C)CC)C(C)C(C)C(C)C(C)CC)ncnc43)[C@@H](O)[C@H]2O1. The highest BCUT2D eigenvalue weighted by molar-refractivity contribution is 7.85. The summed E-state index contributed by atoms with van der Waals surface area (Å²) >= 11 is 0. The maximum Gasteiger partial charge on any atom is 0.488 e. The third-order valence-corrected chi connectivity index (χ3v) is 13.8. The lowest BCUT2D eigenvalue weighted by molar-refractivity contribution is -0.0603. The van der Waals surface area contributed by atoms with Gasteiger partial charge in [0.2, 0.25) is 0 Å². The second-order valence-electron chi connectivity index (χ2n) is 15.0. The number of imidazole rings is 1. The fourth-order valence-electron chi connectivity index (χ4n) is 7.80. The van der Waals surface area contributed by atoms with E-state index in [0.717, 1.165) is 6.54 Å². The molecule has 2 aliphatic heterocycles. The Morgan fingerprint density at radius 2 is 1.55 bits per heavy atom. The minimum absolute atomic E-state index is 0.0290. The lowest BCUT2D eigenvalue weighted by Gasteiger charge is -2.50. The molecule has 0 bridgehead atoms. The van der Waals surface area contributed by atoms with Crippen LogP contribution in [0, 0.1) is 47.3 Å². The Hall–Kier alpha value is -1.40. The molecule has 13 heteroatoms. The molecule has 0 saturated carbocycles. The summed E-state index contributed by atoms with van der Waals surface area (Å²) < 4.78 is 18.4. The van der Waals surface area contributed by atoms with Crippen LogP contribution in [0.4, 0.5) is 5.82 Å². The lowest BCUT2D eigenvalue weighted by Crippen LogP contribution is -2.58. The van der Waals surface area contributed by atoms with Gasteiger partial charge in [-0.1, -0.05) is 82.1 Å². The Balaban J connectivity index is 1.48. The van der Waals surface area contributed by atoms with E-state index >= 15 is 0 Å². The zero-order valence-corrected chi connectivity index (χ0v) is 31.4. The van der Waals surface area contributed by atoms with Crippen LogP contribution in [0.1, 0.15) is 95.2 Å². The first-order valence-electron chi connectivity index (χ1n) is 17.8. The second kappa shape index (κ2) is 15.7. The number of rotatable bonds is 16. The van der Waals surface area contributed by atoms with E-state index in [0.29, 0.717) is 70.9 Å². The molecule has 2 saturated heterocycles. The number of nitrogens with one attached hydrogen (secondary N) is 2. The van der Waals surface area contributed by atoms with E-state index in [2.05, 4.69) is 102 Å². The minimum Gasteiger partial charge on any atom is -0.385 e. The van der Waals surface area contributed by atoms with Gasteiger partial charge in [-0.25, -0.2) is 19.8 Å². The highest BCUT2D eigenvalue weighted by Crippen LogP contribution is 2.58. The van der Waals surface area contributed by atoms with Crippen LogP contribution in [0.5, 0.6) is 0 Å². The zero-order valence-electron chi connectivity index (χ0n) is 30.6. The molecule has 0 amide bonds. The quantitative estimate of drug-likeness (QED) is 0.0952. The second-order valence-corrected chi connectivity index (χ2v) is 16.6. The van der Waals surface area contributed by atoms with Crippen molar-refractivity contribution in [3.63, 3.8) is 0 Å². The van der Waals surface area contributed by atoms with Gasteiger partial charge in [0.15, 0.2) is 29.3 Å². The molecule has 2 fully saturated rings. The Bertz CT molecular complexity index is 1270. The predicted molar refractivity (Wildman–Crippen MR) is 190 cm³/mol. The van der Waals surface area contributed by atoms with E-state index in [-0.39, 0.29) is 12.1 Å². The van der Waals surface area contributed by atoms with Gasteiger partial charge >= 0.3 is 15.4 Å². The highest BCUT2D eigenvalue weighted by Gasteiger charge is 2.57. The number of aromatic nitrogens is 4. The largest absolute Gasteiger partial charge is 0.488 e. The van der Waals surface area contributed by atoms with Crippen LogP contribution in [-0.4, -0.2) is 80.6 Å². The van der Waals surface area contributed by atoms with Crippen LogP contribution in [0.25, 0.3) is 11.2 Å². The number of hydrogen-bond acceptors (Lipinski definition) is 10. The summed E-state index contributed by atoms with van der Waals surface area (Å²) in [4.78, 5) is 23.6. The van der Waals surface area contributed by atoms with E-state index in [9.17, 15) is 10.00 Å².